The molecule has 4 rings (SSSR count). The normalized spacial score (nSPS) is 9.21. The Kier molecular flexibility index (Phi) is 10.8. The Labute approximate surface area is 183 Å². The van der Waals surface area contributed by atoms with Crippen LogP contribution in [0.1, 0.15) is 6.92 Å². The van der Waals surface area contributed by atoms with Crippen LogP contribution >= 0.6 is 0 Å². The smallest absolute Gasteiger partial charge is 0.0624 e. The first-order valence-corrected chi connectivity index (χ1v) is 10.5. The molecule has 0 atom stereocenters. The van der Waals surface area contributed by atoms with Crippen molar-refractivity contribution >= 4 is 39.0 Å². The van der Waals surface area contributed by atoms with Crippen molar-refractivity contribution in [3.05, 3.63) is 132 Å². The molecule has 0 bridgehead atoms. The van der Waals surface area contributed by atoms with E-state index in [1.165, 1.54) is 5.28 Å². The van der Waals surface area contributed by atoms with Crippen molar-refractivity contribution < 1.29 is 0 Å². The molecule has 4 aromatic carbocycles. The van der Waals surface area contributed by atoms with Gasteiger partial charge >= 0.3 is 28.5 Å². The fourth-order valence-corrected chi connectivity index (χ4v) is 2.31. The van der Waals surface area contributed by atoms with Crippen LogP contribution in [0.2, 0.25) is 5.28 Å². The second kappa shape index (κ2) is 14.1. The minimum atomic E-state index is 0.994. The zero-order valence-corrected chi connectivity index (χ0v) is 17.9. The van der Waals surface area contributed by atoms with Gasteiger partial charge in [-0.15, -0.1) is 22.7 Å². The summed E-state index contributed by atoms with van der Waals surface area (Å²) in [6.45, 7) is 2.09. The molecule has 0 heterocycles. The molecule has 142 valence electrons. The van der Waals surface area contributed by atoms with E-state index < -0.39 is 0 Å². The average Bonchev–Trinajstić information content (AvgIpc) is 2.78. The molecular weight excluding hydrogens is 367 g/mol. The summed E-state index contributed by atoms with van der Waals surface area (Å²) < 4.78 is 0. The molecule has 0 aliphatic rings. The number of hydrogen-bond donors (Lipinski definition) is 0. The van der Waals surface area contributed by atoms with Gasteiger partial charge < -0.3 is 10.6 Å². The van der Waals surface area contributed by atoms with Gasteiger partial charge in [0, 0.05) is 0 Å². The van der Waals surface area contributed by atoms with E-state index in [-0.39, 0.29) is 0 Å². The van der Waals surface area contributed by atoms with Gasteiger partial charge in [-0.2, -0.15) is 0 Å². The zero-order valence-electron chi connectivity index (χ0n) is 16.7. The third-order valence-electron chi connectivity index (χ3n) is 3.54. The molecule has 2 nitrogen and oxygen atoms in total. The van der Waals surface area contributed by atoms with Crippen LogP contribution in [0.4, 0.5) is 22.7 Å². The summed E-state index contributed by atoms with van der Waals surface area (Å²) in [6, 6.07) is 39.8. The van der Waals surface area contributed by atoms with Crippen molar-refractivity contribution in [2.24, 2.45) is 0 Å². The zero-order chi connectivity index (χ0) is 20.6. The molecule has 0 spiro atoms. The third-order valence-corrected chi connectivity index (χ3v) is 3.54. The van der Waals surface area contributed by atoms with Crippen LogP contribution in [0.5, 0.6) is 0 Å². The number of rotatable bonds is 4. The molecular formula is C26H25AlN2. The Balaban J connectivity index is 0.000000183. The standard InChI is InChI=1S/2C12H10N.C2H5.Al/c2*1-3-7-11(8-4-1)13-12-9-5-2-6-10-12;1-2;/h2*1-10H;1H2,2H3;/q2*-1;;+2. The summed E-state index contributed by atoms with van der Waals surface area (Å²) >= 11 is 2.58. The maximum Gasteiger partial charge on any atom is -0.0624 e. The molecule has 0 fully saturated rings. The summed E-state index contributed by atoms with van der Waals surface area (Å²) in [5, 5.41) is 10.0. The predicted octanol–water partition coefficient (Wildman–Crippen LogP) is 8.64. The molecule has 0 saturated carbocycles. The van der Waals surface area contributed by atoms with E-state index in [2.05, 4.69) is 33.8 Å². The van der Waals surface area contributed by atoms with Gasteiger partial charge in [0.1, 0.15) is 0 Å². The first-order valence-electron chi connectivity index (χ1n) is 9.65. The van der Waals surface area contributed by atoms with Gasteiger partial charge in [-0.1, -0.05) is 121 Å². The Morgan fingerprint density at radius 2 is 0.621 bits per heavy atom. The second-order valence-electron chi connectivity index (χ2n) is 5.97. The molecule has 0 radical (unpaired) electrons. The summed E-state index contributed by atoms with van der Waals surface area (Å²) in [6.07, 6.45) is 0. The van der Waals surface area contributed by atoms with Crippen LogP contribution in [0.15, 0.2) is 121 Å². The summed E-state index contributed by atoms with van der Waals surface area (Å²) in [7, 11) is 0. The van der Waals surface area contributed by atoms with Crippen LogP contribution in [0.25, 0.3) is 10.6 Å². The van der Waals surface area contributed by atoms with Crippen molar-refractivity contribution in [2.75, 3.05) is 0 Å². The van der Waals surface area contributed by atoms with E-state index in [4.69, 9.17) is 0 Å². The van der Waals surface area contributed by atoms with E-state index in [0.717, 1.165) is 22.7 Å². The monoisotopic (exact) mass is 392 g/mol. The topological polar surface area (TPSA) is 28.2 Å². The van der Waals surface area contributed by atoms with E-state index in [1.807, 2.05) is 121 Å². The van der Waals surface area contributed by atoms with Gasteiger partial charge in [-0.25, -0.2) is 0 Å². The van der Waals surface area contributed by atoms with Crippen LogP contribution in [-0.2, 0) is 0 Å². The number of nitrogens with zero attached hydrogens (tertiary/aromatic N) is 2. The number of benzene rings is 4. The van der Waals surface area contributed by atoms with Gasteiger partial charge in [0.2, 0.25) is 0 Å². The van der Waals surface area contributed by atoms with E-state index >= 15 is 0 Å². The summed E-state index contributed by atoms with van der Waals surface area (Å²) in [5.41, 5.74) is 3.98. The molecule has 0 saturated heterocycles. The SMILES string of the molecule is C[CH2][Al+2].c1ccc([N-]c2ccccc2)cc1.c1ccc([N-]c2ccccc2)cc1. The molecule has 0 aromatic heterocycles. The maximum atomic E-state index is 4.44. The number of hydrogen-bond acceptors (Lipinski definition) is 0. The van der Waals surface area contributed by atoms with Crippen molar-refractivity contribution in [2.45, 2.75) is 12.2 Å². The van der Waals surface area contributed by atoms with Gasteiger partial charge in [0.05, 0.1) is 0 Å². The van der Waals surface area contributed by atoms with Crippen LogP contribution in [0, 0.1) is 0 Å². The molecule has 0 amide bonds. The number of para-hydroxylation sites is 4. The van der Waals surface area contributed by atoms with Crippen LogP contribution < -0.4 is 0 Å². The molecule has 3 heteroatoms. The quantitative estimate of drug-likeness (QED) is 0.311. The summed E-state index contributed by atoms with van der Waals surface area (Å²) in [4.78, 5) is 0. The summed E-state index contributed by atoms with van der Waals surface area (Å²) in [5.74, 6) is 0. The Bertz CT molecular complexity index is 731. The van der Waals surface area contributed by atoms with E-state index in [1.54, 1.807) is 0 Å². The van der Waals surface area contributed by atoms with Crippen molar-refractivity contribution in [1.82, 2.24) is 0 Å². The van der Waals surface area contributed by atoms with Gasteiger partial charge in [-0.05, 0) is 0 Å². The molecule has 4 aromatic rings. The van der Waals surface area contributed by atoms with Crippen molar-refractivity contribution in [3.8, 4) is 0 Å². The van der Waals surface area contributed by atoms with Gasteiger partial charge in [-0.3, -0.25) is 0 Å². The molecule has 0 aliphatic carbocycles. The average molecular weight is 392 g/mol. The third kappa shape index (κ3) is 9.67. The fraction of sp³-hybridized carbons (Fsp3) is 0.0769. The van der Waals surface area contributed by atoms with Crippen LogP contribution in [-0.4, -0.2) is 16.3 Å². The fourth-order valence-electron chi connectivity index (χ4n) is 2.31. The minimum Gasteiger partial charge on any atom is -0.658 e. The Morgan fingerprint density at radius 3 is 0.793 bits per heavy atom. The second-order valence-corrected chi connectivity index (χ2v) is 6.79. The first-order chi connectivity index (χ1) is 14.3. The van der Waals surface area contributed by atoms with Crippen LogP contribution in [0.3, 0.4) is 0 Å². The van der Waals surface area contributed by atoms with Gasteiger partial charge in [0.25, 0.3) is 0 Å². The molecule has 0 N–H and O–H groups in total. The van der Waals surface area contributed by atoms with Crippen molar-refractivity contribution in [1.29, 1.82) is 0 Å². The largest absolute Gasteiger partial charge is 0.658 e. The van der Waals surface area contributed by atoms with E-state index in [9.17, 15) is 0 Å². The minimum absolute atomic E-state index is 0.994. The van der Waals surface area contributed by atoms with Crippen molar-refractivity contribution in [3.63, 3.8) is 0 Å². The molecule has 0 aliphatic heterocycles. The maximum absolute atomic E-state index is 4.44. The first kappa shape index (κ1) is 22.3. The Hall–Kier alpha value is -2.99. The molecule has 29 heavy (non-hydrogen) atoms. The Morgan fingerprint density at radius 1 is 0.448 bits per heavy atom. The molecule has 0 unspecified atom stereocenters. The predicted molar refractivity (Wildman–Crippen MR) is 127 cm³/mol. The van der Waals surface area contributed by atoms with Gasteiger partial charge in [0.15, 0.2) is 0 Å². The van der Waals surface area contributed by atoms with E-state index in [0.29, 0.717) is 0 Å².